The fraction of sp³-hybridized carbons (Fsp3) is 0.857. The van der Waals surface area contributed by atoms with Crippen molar-refractivity contribution in [3.63, 3.8) is 0 Å². The predicted molar refractivity (Wildman–Crippen MR) is 38.4 cm³/mol. The molecule has 0 aliphatic carbocycles. The van der Waals surface area contributed by atoms with Gasteiger partial charge in [0.2, 0.25) is 0 Å². The lowest BCUT2D eigenvalue weighted by molar-refractivity contribution is -0.125. The number of rotatable bonds is 2. The van der Waals surface area contributed by atoms with Crippen LogP contribution in [0.2, 0.25) is 0 Å². The Bertz CT molecular complexity index is 102. The number of carbonyl (C=O) groups is 1. The molecule has 2 nitrogen and oxygen atoms in total. The second-order valence-corrected chi connectivity index (χ2v) is 3.20. The molecular weight excluding hydrogens is 114 g/mol. The molecule has 0 aromatic heterocycles. The van der Waals surface area contributed by atoms with E-state index in [4.69, 9.17) is 0 Å². The molecule has 0 amide bonds. The molecule has 0 aliphatic rings. The van der Waals surface area contributed by atoms with Gasteiger partial charge in [0.25, 0.3) is 0 Å². The van der Waals surface area contributed by atoms with Gasteiger partial charge in [-0.3, -0.25) is 4.79 Å². The molecule has 0 unspecified atom stereocenters. The SMILES string of the molecule is CNCC(=O)C(C)(C)C. The first-order valence-corrected chi connectivity index (χ1v) is 3.16. The van der Waals surface area contributed by atoms with Crippen molar-refractivity contribution in [1.82, 2.24) is 5.32 Å². The van der Waals surface area contributed by atoms with Crippen LogP contribution >= 0.6 is 0 Å². The van der Waals surface area contributed by atoms with Crippen LogP contribution in [0.15, 0.2) is 0 Å². The Morgan fingerprint density at radius 1 is 1.44 bits per heavy atom. The number of hydrogen-bond acceptors (Lipinski definition) is 2. The van der Waals surface area contributed by atoms with Gasteiger partial charge in [-0.2, -0.15) is 0 Å². The van der Waals surface area contributed by atoms with E-state index in [-0.39, 0.29) is 11.2 Å². The van der Waals surface area contributed by atoms with Crippen LogP contribution in [0.25, 0.3) is 0 Å². The molecule has 0 aliphatic heterocycles. The molecule has 0 saturated heterocycles. The molecule has 0 rings (SSSR count). The molecule has 0 aromatic carbocycles. The molecule has 9 heavy (non-hydrogen) atoms. The lowest BCUT2D eigenvalue weighted by atomic mass is 9.91. The topological polar surface area (TPSA) is 29.1 Å². The maximum atomic E-state index is 11.0. The van der Waals surface area contributed by atoms with Crippen molar-refractivity contribution in [1.29, 1.82) is 0 Å². The third-order valence-corrected chi connectivity index (χ3v) is 1.17. The molecule has 0 spiro atoms. The number of likely N-dealkylation sites (N-methyl/N-ethyl adjacent to an activating group) is 1. The van der Waals surface area contributed by atoms with Gasteiger partial charge in [-0.1, -0.05) is 20.8 Å². The zero-order valence-electron chi connectivity index (χ0n) is 6.62. The van der Waals surface area contributed by atoms with Gasteiger partial charge in [0.05, 0.1) is 6.54 Å². The highest BCUT2D eigenvalue weighted by Gasteiger charge is 2.19. The van der Waals surface area contributed by atoms with E-state index in [1.54, 1.807) is 7.05 Å². The molecule has 0 aromatic rings. The fourth-order valence-corrected chi connectivity index (χ4v) is 0.426. The number of Topliss-reactive ketones (excluding diaryl/α,β-unsaturated/α-hetero) is 1. The van der Waals surface area contributed by atoms with E-state index in [0.29, 0.717) is 6.54 Å². The molecule has 0 heterocycles. The van der Waals surface area contributed by atoms with E-state index in [9.17, 15) is 4.79 Å². The minimum absolute atomic E-state index is 0.191. The molecule has 2 heteroatoms. The van der Waals surface area contributed by atoms with E-state index < -0.39 is 0 Å². The third kappa shape index (κ3) is 3.25. The van der Waals surface area contributed by atoms with Crippen LogP contribution in [0.4, 0.5) is 0 Å². The first-order valence-electron chi connectivity index (χ1n) is 3.16. The summed E-state index contributed by atoms with van der Waals surface area (Å²) in [5.41, 5.74) is -0.191. The van der Waals surface area contributed by atoms with E-state index >= 15 is 0 Å². The summed E-state index contributed by atoms with van der Waals surface area (Å²) in [6.07, 6.45) is 0. The summed E-state index contributed by atoms with van der Waals surface area (Å²) in [4.78, 5) is 11.0. The standard InChI is InChI=1S/C7H15NO/c1-7(2,3)6(9)5-8-4/h8H,5H2,1-4H3. The average molecular weight is 129 g/mol. The minimum atomic E-state index is -0.191. The Labute approximate surface area is 56.6 Å². The molecule has 0 bridgehead atoms. The molecule has 0 radical (unpaired) electrons. The third-order valence-electron chi connectivity index (χ3n) is 1.17. The van der Waals surface area contributed by atoms with Crippen molar-refractivity contribution < 1.29 is 4.79 Å². The van der Waals surface area contributed by atoms with Crippen molar-refractivity contribution in [2.45, 2.75) is 20.8 Å². The Morgan fingerprint density at radius 2 is 1.89 bits per heavy atom. The molecule has 54 valence electrons. The largest absolute Gasteiger partial charge is 0.313 e. The smallest absolute Gasteiger partial charge is 0.151 e. The summed E-state index contributed by atoms with van der Waals surface area (Å²) in [6.45, 7) is 6.25. The fourth-order valence-electron chi connectivity index (χ4n) is 0.426. The highest BCUT2D eigenvalue weighted by atomic mass is 16.1. The van der Waals surface area contributed by atoms with Crippen LogP contribution in [0.1, 0.15) is 20.8 Å². The van der Waals surface area contributed by atoms with E-state index in [2.05, 4.69) is 5.32 Å². The van der Waals surface area contributed by atoms with Gasteiger partial charge in [0, 0.05) is 5.41 Å². The van der Waals surface area contributed by atoms with Gasteiger partial charge in [0.1, 0.15) is 0 Å². The van der Waals surface area contributed by atoms with Crippen molar-refractivity contribution >= 4 is 5.78 Å². The zero-order valence-corrected chi connectivity index (χ0v) is 6.62. The predicted octanol–water partition coefficient (Wildman–Crippen LogP) is 0.821. The van der Waals surface area contributed by atoms with Crippen LogP contribution in [-0.2, 0) is 4.79 Å². The summed E-state index contributed by atoms with van der Waals surface area (Å²) in [6, 6.07) is 0. The van der Waals surface area contributed by atoms with Crippen molar-refractivity contribution in [2.75, 3.05) is 13.6 Å². The van der Waals surface area contributed by atoms with E-state index in [1.807, 2.05) is 20.8 Å². The highest BCUT2D eigenvalue weighted by Crippen LogP contribution is 2.12. The summed E-state index contributed by atoms with van der Waals surface area (Å²) in [5, 5.41) is 2.82. The van der Waals surface area contributed by atoms with Gasteiger partial charge in [-0.25, -0.2) is 0 Å². The van der Waals surface area contributed by atoms with Gasteiger partial charge < -0.3 is 5.32 Å². The summed E-state index contributed by atoms with van der Waals surface area (Å²) in [5.74, 6) is 0.255. The molecular formula is C7H15NO. The van der Waals surface area contributed by atoms with Crippen molar-refractivity contribution in [3.8, 4) is 0 Å². The maximum absolute atomic E-state index is 11.0. The van der Waals surface area contributed by atoms with Crippen LogP contribution in [-0.4, -0.2) is 19.4 Å². The molecule has 0 atom stereocenters. The quantitative estimate of drug-likeness (QED) is 0.598. The lowest BCUT2D eigenvalue weighted by Gasteiger charge is -2.15. The first kappa shape index (κ1) is 8.63. The van der Waals surface area contributed by atoms with Gasteiger partial charge in [-0.05, 0) is 7.05 Å². The summed E-state index contributed by atoms with van der Waals surface area (Å²) < 4.78 is 0. The molecule has 0 fully saturated rings. The summed E-state index contributed by atoms with van der Waals surface area (Å²) >= 11 is 0. The minimum Gasteiger partial charge on any atom is -0.313 e. The number of nitrogens with one attached hydrogen (secondary N) is 1. The first-order chi connectivity index (χ1) is 3.98. The highest BCUT2D eigenvalue weighted by molar-refractivity contribution is 5.85. The van der Waals surface area contributed by atoms with Crippen LogP contribution in [0, 0.1) is 5.41 Å². The number of carbonyl (C=O) groups excluding carboxylic acids is 1. The van der Waals surface area contributed by atoms with Crippen LogP contribution in [0.5, 0.6) is 0 Å². The second-order valence-electron chi connectivity index (χ2n) is 3.20. The summed E-state index contributed by atoms with van der Waals surface area (Å²) in [7, 11) is 1.78. The Hall–Kier alpha value is -0.370. The normalized spacial score (nSPS) is 11.6. The van der Waals surface area contributed by atoms with Gasteiger partial charge in [-0.15, -0.1) is 0 Å². The van der Waals surface area contributed by atoms with Gasteiger partial charge in [0.15, 0.2) is 5.78 Å². The van der Waals surface area contributed by atoms with E-state index in [1.165, 1.54) is 0 Å². The number of hydrogen-bond donors (Lipinski definition) is 1. The Kier molecular flexibility index (Phi) is 2.85. The molecule has 0 saturated carbocycles. The maximum Gasteiger partial charge on any atom is 0.151 e. The average Bonchev–Trinajstić information content (AvgIpc) is 1.64. The number of ketones is 1. The monoisotopic (exact) mass is 129 g/mol. The Morgan fingerprint density at radius 3 is 2.00 bits per heavy atom. The van der Waals surface area contributed by atoms with Gasteiger partial charge >= 0.3 is 0 Å². The lowest BCUT2D eigenvalue weighted by Crippen LogP contribution is -2.29. The van der Waals surface area contributed by atoms with Crippen LogP contribution in [0.3, 0.4) is 0 Å². The van der Waals surface area contributed by atoms with E-state index in [0.717, 1.165) is 0 Å². The molecule has 1 N–H and O–H groups in total. The van der Waals surface area contributed by atoms with Crippen LogP contribution < -0.4 is 5.32 Å². The Balaban J connectivity index is 3.74. The zero-order chi connectivity index (χ0) is 7.49. The van der Waals surface area contributed by atoms with Crippen molar-refractivity contribution in [2.24, 2.45) is 5.41 Å². The van der Waals surface area contributed by atoms with Crippen molar-refractivity contribution in [3.05, 3.63) is 0 Å². The second kappa shape index (κ2) is 2.97.